The van der Waals surface area contributed by atoms with Crippen molar-refractivity contribution in [2.75, 3.05) is 19.6 Å². The van der Waals surface area contributed by atoms with Crippen LogP contribution in [-0.4, -0.2) is 38.4 Å². The summed E-state index contributed by atoms with van der Waals surface area (Å²) in [6.45, 7) is 5.88. The molecular formula is C13H20N2O2S. The van der Waals surface area contributed by atoms with E-state index in [9.17, 15) is 8.42 Å². The van der Waals surface area contributed by atoms with E-state index in [1.807, 2.05) is 19.1 Å². The van der Waals surface area contributed by atoms with E-state index in [4.69, 9.17) is 0 Å². The average Bonchev–Trinajstić information content (AvgIpc) is 2.55. The number of sulfonamides is 1. The van der Waals surface area contributed by atoms with Crippen molar-refractivity contribution in [3.63, 3.8) is 0 Å². The lowest BCUT2D eigenvalue weighted by molar-refractivity contribution is 0.429. The van der Waals surface area contributed by atoms with Crippen molar-refractivity contribution < 1.29 is 8.42 Å². The quantitative estimate of drug-likeness (QED) is 0.881. The molecular weight excluding hydrogens is 248 g/mol. The molecule has 1 unspecified atom stereocenters. The van der Waals surface area contributed by atoms with Crippen LogP contribution in [0.2, 0.25) is 0 Å². The number of nitrogens with one attached hydrogen (secondary N) is 1. The molecule has 1 aliphatic rings. The number of hydrogen-bond acceptors (Lipinski definition) is 3. The second-order valence-corrected chi connectivity index (χ2v) is 6.80. The van der Waals surface area contributed by atoms with Crippen LogP contribution in [0.5, 0.6) is 0 Å². The number of nitrogens with zero attached hydrogens (tertiary/aromatic N) is 1. The Balaban J connectivity index is 2.22. The maximum absolute atomic E-state index is 12.5. The summed E-state index contributed by atoms with van der Waals surface area (Å²) in [4.78, 5) is 0.391. The summed E-state index contributed by atoms with van der Waals surface area (Å²) in [6.07, 6.45) is 0.852. The van der Waals surface area contributed by atoms with Gasteiger partial charge in [0.05, 0.1) is 4.90 Å². The third-order valence-corrected chi connectivity index (χ3v) is 5.24. The number of benzene rings is 1. The van der Waals surface area contributed by atoms with Gasteiger partial charge in [-0.05, 0) is 32.4 Å². The maximum atomic E-state index is 12.5. The molecule has 0 amide bonds. The number of rotatable bonds is 2. The summed E-state index contributed by atoms with van der Waals surface area (Å²) >= 11 is 0. The van der Waals surface area contributed by atoms with Gasteiger partial charge in [0.25, 0.3) is 0 Å². The summed E-state index contributed by atoms with van der Waals surface area (Å²) < 4.78 is 26.5. The fourth-order valence-corrected chi connectivity index (χ4v) is 3.54. The molecule has 1 heterocycles. The molecule has 1 aromatic rings. The molecule has 0 radical (unpaired) electrons. The second kappa shape index (κ2) is 5.38. The van der Waals surface area contributed by atoms with Crippen molar-refractivity contribution in [1.82, 2.24) is 9.62 Å². The summed E-state index contributed by atoms with van der Waals surface area (Å²) in [7, 11) is -3.33. The molecule has 1 atom stereocenters. The molecule has 0 saturated carbocycles. The third kappa shape index (κ3) is 2.91. The Kier molecular flexibility index (Phi) is 4.04. The molecule has 0 aliphatic carbocycles. The molecule has 5 heteroatoms. The molecule has 1 aliphatic heterocycles. The van der Waals surface area contributed by atoms with E-state index in [1.165, 1.54) is 0 Å². The van der Waals surface area contributed by atoms with Crippen LogP contribution in [0, 0.1) is 6.92 Å². The topological polar surface area (TPSA) is 49.4 Å². The minimum atomic E-state index is -3.33. The molecule has 2 rings (SSSR count). The largest absolute Gasteiger partial charge is 0.313 e. The average molecular weight is 268 g/mol. The summed E-state index contributed by atoms with van der Waals surface area (Å²) in [5, 5.41) is 3.30. The Morgan fingerprint density at radius 2 is 1.89 bits per heavy atom. The van der Waals surface area contributed by atoms with Crippen LogP contribution >= 0.6 is 0 Å². The highest BCUT2D eigenvalue weighted by molar-refractivity contribution is 7.89. The van der Waals surface area contributed by atoms with Crippen LogP contribution in [0.25, 0.3) is 0 Å². The van der Waals surface area contributed by atoms with E-state index >= 15 is 0 Å². The molecule has 1 saturated heterocycles. The molecule has 100 valence electrons. The molecule has 1 aromatic carbocycles. The zero-order valence-corrected chi connectivity index (χ0v) is 11.7. The highest BCUT2D eigenvalue weighted by Crippen LogP contribution is 2.17. The lowest BCUT2D eigenvalue weighted by Crippen LogP contribution is -2.34. The Hall–Kier alpha value is -0.910. The smallest absolute Gasteiger partial charge is 0.243 e. The zero-order valence-electron chi connectivity index (χ0n) is 10.9. The van der Waals surface area contributed by atoms with Gasteiger partial charge in [0, 0.05) is 25.7 Å². The van der Waals surface area contributed by atoms with Gasteiger partial charge in [0.1, 0.15) is 0 Å². The van der Waals surface area contributed by atoms with Crippen molar-refractivity contribution in [2.24, 2.45) is 0 Å². The zero-order chi connectivity index (χ0) is 13.2. The van der Waals surface area contributed by atoms with Crippen molar-refractivity contribution in [1.29, 1.82) is 0 Å². The van der Waals surface area contributed by atoms with E-state index in [0.29, 0.717) is 30.6 Å². The molecule has 1 N–H and O–H groups in total. The van der Waals surface area contributed by atoms with E-state index in [-0.39, 0.29) is 0 Å². The van der Waals surface area contributed by atoms with Gasteiger partial charge in [0.15, 0.2) is 0 Å². The van der Waals surface area contributed by atoms with E-state index in [1.54, 1.807) is 16.4 Å². The monoisotopic (exact) mass is 268 g/mol. The van der Waals surface area contributed by atoms with E-state index in [0.717, 1.165) is 12.0 Å². The van der Waals surface area contributed by atoms with Crippen LogP contribution in [-0.2, 0) is 10.0 Å². The summed E-state index contributed by atoms with van der Waals surface area (Å²) in [6, 6.07) is 7.43. The minimum absolute atomic E-state index is 0.378. The first-order chi connectivity index (χ1) is 8.50. The van der Waals surface area contributed by atoms with Crippen LogP contribution in [0.15, 0.2) is 29.2 Å². The van der Waals surface area contributed by atoms with E-state index in [2.05, 4.69) is 12.2 Å². The van der Waals surface area contributed by atoms with Gasteiger partial charge in [0.2, 0.25) is 10.0 Å². The van der Waals surface area contributed by atoms with E-state index < -0.39 is 10.0 Å². The number of aryl methyl sites for hydroxylation is 1. The van der Waals surface area contributed by atoms with Gasteiger partial charge >= 0.3 is 0 Å². The maximum Gasteiger partial charge on any atom is 0.243 e. The van der Waals surface area contributed by atoms with Gasteiger partial charge < -0.3 is 5.32 Å². The van der Waals surface area contributed by atoms with Crippen molar-refractivity contribution in [2.45, 2.75) is 31.2 Å². The fraction of sp³-hybridized carbons (Fsp3) is 0.538. The lowest BCUT2D eigenvalue weighted by atomic mass is 10.2. The van der Waals surface area contributed by atoms with Gasteiger partial charge in [-0.2, -0.15) is 4.31 Å². The SMILES string of the molecule is Cc1ccc(S(=O)(=O)N2CCNC(C)CC2)cc1. The molecule has 0 aromatic heterocycles. The van der Waals surface area contributed by atoms with Crippen molar-refractivity contribution in [3.8, 4) is 0 Å². The normalized spacial score (nSPS) is 22.7. The fourth-order valence-electron chi connectivity index (χ4n) is 2.09. The highest BCUT2D eigenvalue weighted by Gasteiger charge is 2.26. The minimum Gasteiger partial charge on any atom is -0.313 e. The Labute approximate surface area is 109 Å². The first-order valence-electron chi connectivity index (χ1n) is 6.30. The first-order valence-corrected chi connectivity index (χ1v) is 7.74. The van der Waals surface area contributed by atoms with Crippen LogP contribution in [0.3, 0.4) is 0 Å². The predicted molar refractivity (Wildman–Crippen MR) is 72.0 cm³/mol. The van der Waals surface area contributed by atoms with Crippen molar-refractivity contribution >= 4 is 10.0 Å². The standard InChI is InChI=1S/C13H20N2O2S/c1-11-3-5-13(6-4-11)18(16,17)15-9-7-12(2)14-8-10-15/h3-6,12,14H,7-10H2,1-2H3. The Bertz CT molecular complexity index is 496. The summed E-state index contributed by atoms with van der Waals surface area (Å²) in [5.74, 6) is 0. The van der Waals surface area contributed by atoms with Gasteiger partial charge in [-0.1, -0.05) is 17.7 Å². The molecule has 1 fully saturated rings. The number of hydrogen-bond donors (Lipinski definition) is 1. The highest BCUT2D eigenvalue weighted by atomic mass is 32.2. The van der Waals surface area contributed by atoms with Crippen LogP contribution < -0.4 is 5.32 Å². The molecule has 4 nitrogen and oxygen atoms in total. The molecule has 18 heavy (non-hydrogen) atoms. The molecule has 0 spiro atoms. The Morgan fingerprint density at radius 1 is 1.22 bits per heavy atom. The van der Waals surface area contributed by atoms with Gasteiger partial charge in [-0.15, -0.1) is 0 Å². The second-order valence-electron chi connectivity index (χ2n) is 4.86. The van der Waals surface area contributed by atoms with Crippen LogP contribution in [0.4, 0.5) is 0 Å². The Morgan fingerprint density at radius 3 is 2.56 bits per heavy atom. The van der Waals surface area contributed by atoms with Gasteiger partial charge in [-0.25, -0.2) is 8.42 Å². The van der Waals surface area contributed by atoms with Gasteiger partial charge in [-0.3, -0.25) is 0 Å². The predicted octanol–water partition coefficient (Wildman–Crippen LogP) is 1.37. The lowest BCUT2D eigenvalue weighted by Gasteiger charge is -2.19. The van der Waals surface area contributed by atoms with Crippen LogP contribution in [0.1, 0.15) is 18.9 Å². The van der Waals surface area contributed by atoms with Crippen molar-refractivity contribution in [3.05, 3.63) is 29.8 Å². The molecule has 0 bridgehead atoms. The first kappa shape index (κ1) is 13.5. The third-order valence-electron chi connectivity index (χ3n) is 3.32. The summed E-state index contributed by atoms with van der Waals surface area (Å²) in [5.41, 5.74) is 1.07.